The molecule has 3 heteroatoms. The van der Waals surface area contributed by atoms with E-state index in [-0.39, 0.29) is 10.7 Å². The summed E-state index contributed by atoms with van der Waals surface area (Å²) in [6, 6.07) is 7.63. The molecule has 0 saturated heterocycles. The van der Waals surface area contributed by atoms with Crippen LogP contribution in [0, 0.1) is 0 Å². The van der Waals surface area contributed by atoms with E-state index in [1.807, 2.05) is 24.3 Å². The fourth-order valence-corrected chi connectivity index (χ4v) is 1.50. The Kier molecular flexibility index (Phi) is 3.09. The van der Waals surface area contributed by atoms with Gasteiger partial charge in [0.05, 0.1) is 10.7 Å². The largest absolute Gasteiger partial charge is 0.227 e. The molecule has 0 amide bonds. The van der Waals surface area contributed by atoms with Gasteiger partial charge in [-0.3, -0.25) is 0 Å². The molecule has 11 heavy (non-hydrogen) atoms. The minimum absolute atomic E-state index is 0.0637. The zero-order valence-corrected chi connectivity index (χ0v) is 8.12. The second kappa shape index (κ2) is 3.88. The van der Waals surface area contributed by atoms with Crippen LogP contribution in [0.4, 0.5) is 5.69 Å². The van der Waals surface area contributed by atoms with E-state index >= 15 is 0 Å². The Balaban J connectivity index is 3.04. The van der Waals surface area contributed by atoms with Gasteiger partial charge in [-0.2, -0.15) is 0 Å². The molecule has 0 aliphatic carbocycles. The van der Waals surface area contributed by atoms with Crippen molar-refractivity contribution in [2.75, 3.05) is 12.5 Å². The lowest BCUT2D eigenvalue weighted by atomic mass is 10.3. The first-order valence-corrected chi connectivity index (χ1v) is 5.62. The fourth-order valence-electron chi connectivity index (χ4n) is 0.722. The highest BCUT2D eigenvalue weighted by Gasteiger charge is 1.93. The summed E-state index contributed by atoms with van der Waals surface area (Å²) >= 11 is 5.88. The summed E-state index contributed by atoms with van der Waals surface area (Å²) in [5.41, 5.74) is 0.891. The third-order valence-electron chi connectivity index (χ3n) is 1.13. The van der Waals surface area contributed by atoms with Gasteiger partial charge in [-0.1, -0.05) is 23.7 Å². The molecule has 1 nitrogen and oxygen atoms in total. The molecule has 0 heterocycles. The lowest BCUT2D eigenvalue weighted by Gasteiger charge is -1.96. The van der Waals surface area contributed by atoms with Crippen molar-refractivity contribution in [1.82, 2.24) is 0 Å². The fraction of sp³-hybridized carbons (Fsp3) is 0.250. The molecule has 0 saturated carbocycles. The lowest BCUT2D eigenvalue weighted by Crippen LogP contribution is -1.76. The number of halogens is 1. The SMILES string of the molecule is CS(C)=Nc1ccccc1Cl. The van der Waals surface area contributed by atoms with Crippen molar-refractivity contribution in [1.29, 1.82) is 0 Å². The van der Waals surface area contributed by atoms with Gasteiger partial charge in [0.2, 0.25) is 0 Å². The molecule has 60 valence electrons. The predicted octanol–water partition coefficient (Wildman–Crippen LogP) is 3.03. The molecule has 0 spiro atoms. The quantitative estimate of drug-likeness (QED) is 0.641. The van der Waals surface area contributed by atoms with Crippen LogP contribution in [-0.2, 0) is 10.7 Å². The highest BCUT2D eigenvalue weighted by Crippen LogP contribution is 2.23. The van der Waals surface area contributed by atoms with Gasteiger partial charge in [-0.25, -0.2) is 4.36 Å². The van der Waals surface area contributed by atoms with E-state index in [1.165, 1.54) is 0 Å². The van der Waals surface area contributed by atoms with Crippen molar-refractivity contribution in [3.63, 3.8) is 0 Å². The Bertz CT molecular complexity index is 279. The first-order chi connectivity index (χ1) is 5.20. The van der Waals surface area contributed by atoms with Crippen molar-refractivity contribution in [2.24, 2.45) is 4.36 Å². The minimum atomic E-state index is 0.0637. The number of nitrogens with zero attached hydrogens (tertiary/aromatic N) is 1. The summed E-state index contributed by atoms with van der Waals surface area (Å²) < 4.78 is 4.35. The molecule has 0 atom stereocenters. The van der Waals surface area contributed by atoms with Crippen molar-refractivity contribution >= 4 is 28.0 Å². The molecule has 0 aromatic heterocycles. The molecule has 1 aromatic rings. The monoisotopic (exact) mass is 187 g/mol. The van der Waals surface area contributed by atoms with Gasteiger partial charge in [0.15, 0.2) is 0 Å². The van der Waals surface area contributed by atoms with Crippen LogP contribution in [0.1, 0.15) is 0 Å². The van der Waals surface area contributed by atoms with Gasteiger partial charge < -0.3 is 0 Å². The van der Waals surface area contributed by atoms with Gasteiger partial charge in [-0.15, -0.1) is 10.7 Å². The number of hydrogen-bond donors (Lipinski definition) is 0. The molecular formula is C8H10ClNS. The summed E-state index contributed by atoms with van der Waals surface area (Å²) in [7, 11) is 0.0637. The molecular weight excluding hydrogens is 178 g/mol. The molecule has 0 aliphatic heterocycles. The molecule has 1 rings (SSSR count). The number of hydrogen-bond acceptors (Lipinski definition) is 1. The predicted molar refractivity (Wildman–Crippen MR) is 52.8 cm³/mol. The van der Waals surface area contributed by atoms with Gasteiger partial charge in [0.1, 0.15) is 0 Å². The van der Waals surface area contributed by atoms with E-state index in [0.717, 1.165) is 10.7 Å². The third-order valence-corrected chi connectivity index (χ3v) is 2.01. The van der Waals surface area contributed by atoms with Crippen molar-refractivity contribution < 1.29 is 0 Å². The van der Waals surface area contributed by atoms with Crippen molar-refractivity contribution in [3.05, 3.63) is 29.3 Å². The second-order valence-corrected chi connectivity index (χ2v) is 4.45. The van der Waals surface area contributed by atoms with E-state index in [9.17, 15) is 0 Å². The first kappa shape index (κ1) is 8.75. The van der Waals surface area contributed by atoms with Crippen LogP contribution in [0.15, 0.2) is 28.6 Å². The van der Waals surface area contributed by atoms with Gasteiger partial charge in [0.25, 0.3) is 0 Å². The van der Waals surface area contributed by atoms with Gasteiger partial charge in [-0.05, 0) is 24.6 Å². The number of benzene rings is 1. The van der Waals surface area contributed by atoms with Crippen LogP contribution >= 0.6 is 11.6 Å². The van der Waals surface area contributed by atoms with Gasteiger partial charge in [0, 0.05) is 0 Å². The molecule has 0 fully saturated rings. The van der Waals surface area contributed by atoms with Gasteiger partial charge >= 0.3 is 0 Å². The molecule has 0 N–H and O–H groups in total. The maximum atomic E-state index is 5.88. The van der Waals surface area contributed by atoms with Crippen LogP contribution < -0.4 is 0 Å². The summed E-state index contributed by atoms with van der Waals surface area (Å²) in [6.07, 6.45) is 4.12. The van der Waals surface area contributed by atoms with Crippen LogP contribution in [0.5, 0.6) is 0 Å². The maximum Gasteiger partial charge on any atom is 0.0889 e. The minimum Gasteiger partial charge on any atom is -0.227 e. The summed E-state index contributed by atoms with van der Waals surface area (Å²) in [5, 5.41) is 0.730. The van der Waals surface area contributed by atoms with Crippen LogP contribution in [-0.4, -0.2) is 12.5 Å². The molecule has 0 aliphatic rings. The van der Waals surface area contributed by atoms with Crippen molar-refractivity contribution in [2.45, 2.75) is 0 Å². The standard InChI is InChI=1S/C8H10ClNS/c1-11(2)10-8-6-4-3-5-7(8)9/h3-6H,1-2H3. The normalized spacial score (nSPS) is 10.2. The Morgan fingerprint density at radius 2 is 1.91 bits per heavy atom. The molecule has 0 unspecified atom stereocenters. The number of rotatable bonds is 1. The topological polar surface area (TPSA) is 12.4 Å². The average molecular weight is 188 g/mol. The molecule has 1 aromatic carbocycles. The Hall–Kier alpha value is -0.340. The van der Waals surface area contributed by atoms with Crippen LogP contribution in [0.3, 0.4) is 0 Å². The lowest BCUT2D eigenvalue weighted by molar-refractivity contribution is 1.56. The zero-order valence-electron chi connectivity index (χ0n) is 6.54. The highest BCUT2D eigenvalue weighted by atomic mass is 35.5. The first-order valence-electron chi connectivity index (χ1n) is 3.24. The zero-order chi connectivity index (χ0) is 8.27. The van der Waals surface area contributed by atoms with E-state index in [1.54, 1.807) is 0 Å². The van der Waals surface area contributed by atoms with Crippen LogP contribution in [0.2, 0.25) is 5.02 Å². The highest BCUT2D eigenvalue weighted by molar-refractivity contribution is 7.85. The summed E-state index contributed by atoms with van der Waals surface area (Å²) in [4.78, 5) is 0. The Morgan fingerprint density at radius 3 is 2.45 bits per heavy atom. The second-order valence-electron chi connectivity index (χ2n) is 2.32. The summed E-state index contributed by atoms with van der Waals surface area (Å²) in [6.45, 7) is 0. The Morgan fingerprint density at radius 1 is 1.27 bits per heavy atom. The van der Waals surface area contributed by atoms with Crippen LogP contribution in [0.25, 0.3) is 0 Å². The van der Waals surface area contributed by atoms with E-state index in [4.69, 9.17) is 11.6 Å². The van der Waals surface area contributed by atoms with E-state index in [2.05, 4.69) is 16.9 Å². The van der Waals surface area contributed by atoms with E-state index < -0.39 is 0 Å². The smallest absolute Gasteiger partial charge is 0.0889 e. The Labute approximate surface area is 74.5 Å². The molecule has 0 radical (unpaired) electrons. The average Bonchev–Trinajstić information content (AvgIpc) is 1.93. The third kappa shape index (κ3) is 2.64. The van der Waals surface area contributed by atoms with E-state index in [0.29, 0.717) is 0 Å². The molecule has 0 bridgehead atoms. The summed E-state index contributed by atoms with van der Waals surface area (Å²) in [5.74, 6) is 0. The van der Waals surface area contributed by atoms with Crippen molar-refractivity contribution in [3.8, 4) is 0 Å². The maximum absolute atomic E-state index is 5.88.